The summed E-state index contributed by atoms with van der Waals surface area (Å²) in [4.78, 5) is 23.8. The Morgan fingerprint density at radius 1 is 1.15 bits per heavy atom. The maximum Gasteiger partial charge on any atom is 0.336 e. The first-order valence-electron chi connectivity index (χ1n) is 10.0. The molecule has 4 rings (SSSR count). The Kier molecular flexibility index (Phi) is 5.19. The Morgan fingerprint density at radius 3 is 2.81 bits per heavy atom. The van der Waals surface area contributed by atoms with Crippen LogP contribution in [0.5, 0.6) is 5.75 Å². The first-order valence-corrected chi connectivity index (χ1v) is 10.0. The molecule has 0 bridgehead atoms. The Balaban J connectivity index is 1.32. The van der Waals surface area contributed by atoms with E-state index in [0.717, 1.165) is 35.6 Å². The first-order chi connectivity index (χ1) is 13.1. The van der Waals surface area contributed by atoms with Gasteiger partial charge in [0.05, 0.1) is 0 Å². The summed E-state index contributed by atoms with van der Waals surface area (Å²) in [5, 5.41) is 4.01. The van der Waals surface area contributed by atoms with Crippen molar-refractivity contribution in [3.05, 3.63) is 40.2 Å². The maximum atomic E-state index is 12.3. The van der Waals surface area contributed by atoms with Gasteiger partial charge in [-0.25, -0.2) is 4.79 Å². The molecule has 5 heteroatoms. The number of hydrogen-bond donors (Lipinski definition) is 1. The lowest BCUT2D eigenvalue weighted by atomic mass is 9.69. The summed E-state index contributed by atoms with van der Waals surface area (Å²) in [6.45, 7) is 1.85. The average molecular weight is 369 g/mol. The first kappa shape index (κ1) is 18.1. The van der Waals surface area contributed by atoms with Crippen LogP contribution >= 0.6 is 0 Å². The SMILES string of the molecule is Cc1cc(=O)oc2cc(OCC(=O)N[C@@H]3CC[C@H]4CCCC[C@@H]4C3)ccc12. The second kappa shape index (κ2) is 7.75. The molecular formula is C22H27NO4. The van der Waals surface area contributed by atoms with Crippen LogP contribution in [-0.4, -0.2) is 18.6 Å². The number of fused-ring (bicyclic) bond motifs is 2. The number of aryl methyl sites for hydroxylation is 1. The van der Waals surface area contributed by atoms with Gasteiger partial charge in [-0.15, -0.1) is 0 Å². The predicted molar refractivity (Wildman–Crippen MR) is 104 cm³/mol. The van der Waals surface area contributed by atoms with Crippen LogP contribution in [0.2, 0.25) is 0 Å². The zero-order valence-electron chi connectivity index (χ0n) is 15.8. The Hall–Kier alpha value is -2.30. The third-order valence-electron chi connectivity index (χ3n) is 6.20. The quantitative estimate of drug-likeness (QED) is 0.829. The molecule has 0 spiro atoms. The molecule has 144 valence electrons. The highest BCUT2D eigenvalue weighted by molar-refractivity contribution is 5.81. The summed E-state index contributed by atoms with van der Waals surface area (Å²) in [6.07, 6.45) is 8.81. The van der Waals surface area contributed by atoms with Gasteiger partial charge in [-0.2, -0.15) is 0 Å². The number of amides is 1. The smallest absolute Gasteiger partial charge is 0.336 e. The van der Waals surface area contributed by atoms with E-state index in [1.807, 2.05) is 13.0 Å². The Labute approximate surface area is 159 Å². The third kappa shape index (κ3) is 4.18. The second-order valence-corrected chi connectivity index (χ2v) is 8.08. The van der Waals surface area contributed by atoms with E-state index in [-0.39, 0.29) is 24.2 Å². The van der Waals surface area contributed by atoms with Crippen molar-refractivity contribution in [1.29, 1.82) is 0 Å². The van der Waals surface area contributed by atoms with Crippen LogP contribution < -0.4 is 15.7 Å². The fourth-order valence-electron chi connectivity index (χ4n) is 4.82. The lowest BCUT2D eigenvalue weighted by Gasteiger charge is -2.39. The molecule has 1 N–H and O–H groups in total. The van der Waals surface area contributed by atoms with Gasteiger partial charge in [0, 0.05) is 23.6 Å². The van der Waals surface area contributed by atoms with Crippen LogP contribution in [0.3, 0.4) is 0 Å². The van der Waals surface area contributed by atoms with Gasteiger partial charge in [-0.1, -0.05) is 25.7 Å². The molecule has 2 aromatic rings. The zero-order valence-corrected chi connectivity index (χ0v) is 15.8. The number of hydrogen-bond acceptors (Lipinski definition) is 4. The van der Waals surface area contributed by atoms with Gasteiger partial charge in [0.15, 0.2) is 6.61 Å². The van der Waals surface area contributed by atoms with Crippen LogP contribution in [0, 0.1) is 18.8 Å². The molecule has 0 saturated heterocycles. The number of carbonyl (C=O) groups excluding carboxylic acids is 1. The summed E-state index contributed by atoms with van der Waals surface area (Å²) in [6, 6.07) is 7.07. The number of benzene rings is 1. The second-order valence-electron chi connectivity index (χ2n) is 8.08. The van der Waals surface area contributed by atoms with Crippen molar-refractivity contribution in [2.75, 3.05) is 6.61 Å². The van der Waals surface area contributed by atoms with Crippen LogP contribution in [0.4, 0.5) is 0 Å². The van der Waals surface area contributed by atoms with E-state index in [0.29, 0.717) is 11.3 Å². The monoisotopic (exact) mass is 369 g/mol. The van der Waals surface area contributed by atoms with E-state index in [1.165, 1.54) is 38.2 Å². The molecule has 0 aliphatic heterocycles. The lowest BCUT2D eigenvalue weighted by molar-refractivity contribution is -0.124. The summed E-state index contributed by atoms with van der Waals surface area (Å²) in [5.74, 6) is 2.10. The largest absolute Gasteiger partial charge is 0.484 e. The van der Waals surface area contributed by atoms with Crippen LogP contribution in [-0.2, 0) is 4.79 Å². The van der Waals surface area contributed by atoms with Crippen molar-refractivity contribution in [3.63, 3.8) is 0 Å². The van der Waals surface area contributed by atoms with E-state index < -0.39 is 0 Å². The minimum Gasteiger partial charge on any atom is -0.484 e. The van der Waals surface area contributed by atoms with Gasteiger partial charge in [0.1, 0.15) is 11.3 Å². The molecule has 2 aliphatic rings. The molecule has 2 aliphatic carbocycles. The summed E-state index contributed by atoms with van der Waals surface area (Å²) >= 11 is 0. The molecule has 2 fully saturated rings. The highest BCUT2D eigenvalue weighted by Gasteiger charge is 2.32. The van der Waals surface area contributed by atoms with Crippen molar-refractivity contribution in [2.24, 2.45) is 11.8 Å². The van der Waals surface area contributed by atoms with Gasteiger partial charge in [0.2, 0.25) is 0 Å². The van der Waals surface area contributed by atoms with E-state index >= 15 is 0 Å². The number of rotatable bonds is 4. The maximum absolute atomic E-state index is 12.3. The molecule has 0 radical (unpaired) electrons. The molecule has 0 unspecified atom stereocenters. The molecule has 1 heterocycles. The molecule has 1 amide bonds. The molecule has 27 heavy (non-hydrogen) atoms. The lowest BCUT2D eigenvalue weighted by Crippen LogP contribution is -2.43. The van der Waals surface area contributed by atoms with Gasteiger partial charge in [-0.3, -0.25) is 4.79 Å². The number of carbonyl (C=O) groups is 1. The van der Waals surface area contributed by atoms with Crippen molar-refractivity contribution >= 4 is 16.9 Å². The van der Waals surface area contributed by atoms with E-state index in [4.69, 9.17) is 9.15 Å². The van der Waals surface area contributed by atoms with E-state index in [1.54, 1.807) is 12.1 Å². The van der Waals surface area contributed by atoms with E-state index in [2.05, 4.69) is 5.32 Å². The Bertz CT molecular complexity index is 888. The number of nitrogens with one attached hydrogen (secondary N) is 1. The van der Waals surface area contributed by atoms with Crippen molar-refractivity contribution in [2.45, 2.75) is 57.9 Å². The minimum absolute atomic E-state index is 0.0217. The molecule has 2 saturated carbocycles. The van der Waals surface area contributed by atoms with Crippen LogP contribution in [0.25, 0.3) is 11.0 Å². The Morgan fingerprint density at radius 2 is 1.96 bits per heavy atom. The van der Waals surface area contributed by atoms with Gasteiger partial charge < -0.3 is 14.5 Å². The van der Waals surface area contributed by atoms with Gasteiger partial charge in [-0.05, 0) is 55.7 Å². The minimum atomic E-state index is -0.381. The fourth-order valence-corrected chi connectivity index (χ4v) is 4.82. The molecule has 3 atom stereocenters. The average Bonchev–Trinajstić information content (AvgIpc) is 2.66. The zero-order chi connectivity index (χ0) is 18.8. The summed E-state index contributed by atoms with van der Waals surface area (Å²) in [5.41, 5.74) is 0.964. The normalized spacial score (nSPS) is 25.0. The summed E-state index contributed by atoms with van der Waals surface area (Å²) in [7, 11) is 0. The van der Waals surface area contributed by atoms with Crippen molar-refractivity contribution in [3.8, 4) is 5.75 Å². The standard InChI is InChI=1S/C22H27NO4/c1-14-10-22(25)27-20-12-18(8-9-19(14)20)26-13-21(24)23-17-7-6-15-4-2-3-5-16(15)11-17/h8-10,12,15-17H,2-7,11,13H2,1H3,(H,23,24)/t15-,16-,17-/m1/s1. The molecule has 1 aromatic carbocycles. The van der Waals surface area contributed by atoms with Crippen molar-refractivity contribution < 1.29 is 13.9 Å². The van der Waals surface area contributed by atoms with Crippen molar-refractivity contribution in [1.82, 2.24) is 5.32 Å². The highest BCUT2D eigenvalue weighted by Crippen LogP contribution is 2.40. The van der Waals surface area contributed by atoms with E-state index in [9.17, 15) is 9.59 Å². The topological polar surface area (TPSA) is 68.5 Å². The van der Waals surface area contributed by atoms with Gasteiger partial charge in [0.25, 0.3) is 5.91 Å². The number of ether oxygens (including phenoxy) is 1. The highest BCUT2D eigenvalue weighted by atomic mass is 16.5. The molecule has 5 nitrogen and oxygen atoms in total. The fraction of sp³-hybridized carbons (Fsp3) is 0.545. The summed E-state index contributed by atoms with van der Waals surface area (Å²) < 4.78 is 10.9. The third-order valence-corrected chi connectivity index (χ3v) is 6.20. The van der Waals surface area contributed by atoms with Gasteiger partial charge >= 0.3 is 5.63 Å². The van der Waals surface area contributed by atoms with Crippen LogP contribution in [0.1, 0.15) is 50.5 Å². The predicted octanol–water partition coefficient (Wildman–Crippen LogP) is 3.96. The molecule has 1 aromatic heterocycles. The van der Waals surface area contributed by atoms with Crippen LogP contribution in [0.15, 0.2) is 33.5 Å². The molecular weight excluding hydrogens is 342 g/mol.